The van der Waals surface area contributed by atoms with Gasteiger partial charge in [-0.2, -0.15) is 0 Å². The Morgan fingerprint density at radius 3 is 2.85 bits per heavy atom. The lowest BCUT2D eigenvalue weighted by molar-refractivity contribution is 0.420. The maximum atomic E-state index is 5.70. The third-order valence-corrected chi connectivity index (χ3v) is 3.59. The number of aryl methyl sites for hydroxylation is 1. The maximum absolute atomic E-state index is 5.70. The van der Waals surface area contributed by atoms with Gasteiger partial charge in [-0.1, -0.05) is 6.07 Å². The number of fused-ring (bicyclic) bond motifs is 1. The molecule has 3 rings (SSSR count). The Morgan fingerprint density at radius 2 is 2.10 bits per heavy atom. The summed E-state index contributed by atoms with van der Waals surface area (Å²) >= 11 is 0. The van der Waals surface area contributed by atoms with Gasteiger partial charge >= 0.3 is 0 Å². The van der Waals surface area contributed by atoms with E-state index < -0.39 is 0 Å². The van der Waals surface area contributed by atoms with Gasteiger partial charge < -0.3 is 15.0 Å². The summed E-state index contributed by atoms with van der Waals surface area (Å²) in [6.45, 7) is 0.517. The van der Waals surface area contributed by atoms with E-state index in [1.165, 1.54) is 0 Å². The summed E-state index contributed by atoms with van der Waals surface area (Å²) < 4.78 is 7.55. The standard InChI is InChI=1S/C16H17N3O/c1-19-14-4-3-5-16(20-2)12(14)9-15(19)13-8-11(10-17)6-7-18-13/h3-9H,10,17H2,1-2H3. The lowest BCUT2D eigenvalue weighted by atomic mass is 10.2. The zero-order chi connectivity index (χ0) is 14.1. The number of benzene rings is 1. The number of hydrogen-bond acceptors (Lipinski definition) is 3. The molecule has 0 saturated carbocycles. The summed E-state index contributed by atoms with van der Waals surface area (Å²) in [7, 11) is 3.72. The third kappa shape index (κ3) is 1.94. The molecule has 0 aliphatic carbocycles. The first-order valence-electron chi connectivity index (χ1n) is 6.52. The molecule has 2 heterocycles. The molecule has 0 radical (unpaired) electrons. The Labute approximate surface area is 117 Å². The van der Waals surface area contributed by atoms with E-state index in [1.54, 1.807) is 13.3 Å². The minimum Gasteiger partial charge on any atom is -0.496 e. The molecule has 20 heavy (non-hydrogen) atoms. The second-order valence-electron chi connectivity index (χ2n) is 4.74. The summed E-state index contributed by atoms with van der Waals surface area (Å²) in [5.41, 5.74) is 9.88. The summed E-state index contributed by atoms with van der Waals surface area (Å²) in [4.78, 5) is 4.45. The van der Waals surface area contributed by atoms with Crippen molar-refractivity contribution in [2.45, 2.75) is 6.54 Å². The predicted octanol–water partition coefficient (Wildman–Crippen LogP) is 2.71. The maximum Gasteiger partial charge on any atom is 0.128 e. The normalized spacial score (nSPS) is 10.9. The van der Waals surface area contributed by atoms with E-state index in [-0.39, 0.29) is 0 Å². The van der Waals surface area contributed by atoms with Crippen LogP contribution in [0.5, 0.6) is 5.75 Å². The molecular weight excluding hydrogens is 250 g/mol. The highest BCUT2D eigenvalue weighted by Gasteiger charge is 2.12. The molecule has 1 aromatic carbocycles. The summed E-state index contributed by atoms with van der Waals surface area (Å²) in [6.07, 6.45) is 1.80. The Balaban J connectivity index is 2.23. The molecule has 2 N–H and O–H groups in total. The van der Waals surface area contributed by atoms with Crippen molar-refractivity contribution >= 4 is 10.9 Å². The van der Waals surface area contributed by atoms with Crippen LogP contribution in [0.2, 0.25) is 0 Å². The SMILES string of the molecule is COc1cccc2c1cc(-c1cc(CN)ccn1)n2C. The van der Waals surface area contributed by atoms with Crippen molar-refractivity contribution in [3.8, 4) is 17.1 Å². The number of rotatable bonds is 3. The van der Waals surface area contributed by atoms with Gasteiger partial charge in [-0.05, 0) is 35.9 Å². The molecule has 0 atom stereocenters. The van der Waals surface area contributed by atoms with Crippen molar-refractivity contribution < 1.29 is 4.74 Å². The predicted molar refractivity (Wildman–Crippen MR) is 80.6 cm³/mol. The van der Waals surface area contributed by atoms with Crippen molar-refractivity contribution in [3.63, 3.8) is 0 Å². The molecule has 0 bridgehead atoms. The summed E-state index contributed by atoms with van der Waals surface area (Å²) in [5.74, 6) is 0.874. The number of hydrogen-bond donors (Lipinski definition) is 1. The van der Waals surface area contributed by atoms with Gasteiger partial charge in [-0.3, -0.25) is 4.98 Å². The van der Waals surface area contributed by atoms with Crippen LogP contribution in [0.25, 0.3) is 22.3 Å². The van der Waals surface area contributed by atoms with Gasteiger partial charge in [0.05, 0.1) is 24.0 Å². The molecule has 0 fully saturated rings. The second-order valence-corrected chi connectivity index (χ2v) is 4.74. The van der Waals surface area contributed by atoms with Crippen LogP contribution in [0.4, 0.5) is 0 Å². The average molecular weight is 267 g/mol. The molecule has 0 saturated heterocycles. The van der Waals surface area contributed by atoms with Crippen LogP contribution in [-0.4, -0.2) is 16.7 Å². The first kappa shape index (κ1) is 12.7. The fourth-order valence-corrected chi connectivity index (χ4v) is 2.50. The van der Waals surface area contributed by atoms with Crippen LogP contribution < -0.4 is 10.5 Å². The van der Waals surface area contributed by atoms with Crippen molar-refractivity contribution in [2.24, 2.45) is 12.8 Å². The van der Waals surface area contributed by atoms with Crippen LogP contribution in [0, 0.1) is 0 Å². The minimum atomic E-state index is 0.517. The van der Waals surface area contributed by atoms with Crippen LogP contribution in [0.15, 0.2) is 42.6 Å². The molecule has 4 nitrogen and oxygen atoms in total. The molecule has 102 valence electrons. The minimum absolute atomic E-state index is 0.517. The van der Waals surface area contributed by atoms with E-state index >= 15 is 0 Å². The molecule has 0 amide bonds. The zero-order valence-electron chi connectivity index (χ0n) is 11.6. The Kier molecular flexibility index (Phi) is 3.16. The van der Waals surface area contributed by atoms with E-state index in [4.69, 9.17) is 10.5 Å². The first-order valence-corrected chi connectivity index (χ1v) is 6.52. The van der Waals surface area contributed by atoms with Crippen molar-refractivity contribution in [2.75, 3.05) is 7.11 Å². The largest absolute Gasteiger partial charge is 0.496 e. The Hall–Kier alpha value is -2.33. The Morgan fingerprint density at radius 1 is 1.25 bits per heavy atom. The number of aromatic nitrogens is 2. The summed E-state index contributed by atoms with van der Waals surface area (Å²) in [6, 6.07) is 12.1. The lowest BCUT2D eigenvalue weighted by Gasteiger charge is -2.05. The number of nitrogens with zero attached hydrogens (tertiary/aromatic N) is 2. The van der Waals surface area contributed by atoms with E-state index in [0.717, 1.165) is 33.6 Å². The molecule has 3 aromatic rings. The van der Waals surface area contributed by atoms with Crippen LogP contribution in [0.1, 0.15) is 5.56 Å². The van der Waals surface area contributed by atoms with Gasteiger partial charge in [0, 0.05) is 25.2 Å². The van der Waals surface area contributed by atoms with Crippen LogP contribution in [-0.2, 0) is 13.6 Å². The van der Waals surface area contributed by atoms with E-state index in [0.29, 0.717) is 6.54 Å². The number of nitrogens with two attached hydrogens (primary N) is 1. The van der Waals surface area contributed by atoms with Crippen molar-refractivity contribution in [1.29, 1.82) is 0 Å². The highest BCUT2D eigenvalue weighted by molar-refractivity contribution is 5.91. The van der Waals surface area contributed by atoms with Gasteiger partial charge in [0.2, 0.25) is 0 Å². The highest BCUT2D eigenvalue weighted by Crippen LogP contribution is 2.32. The number of pyridine rings is 1. The van der Waals surface area contributed by atoms with E-state index in [1.807, 2.05) is 31.3 Å². The smallest absolute Gasteiger partial charge is 0.128 e. The monoisotopic (exact) mass is 267 g/mol. The second kappa shape index (κ2) is 4.98. The Bertz CT molecular complexity index is 762. The molecule has 0 aliphatic rings. The number of methoxy groups -OCH3 is 1. The molecular formula is C16H17N3O. The van der Waals surface area contributed by atoms with Gasteiger partial charge in [0.25, 0.3) is 0 Å². The topological polar surface area (TPSA) is 53.1 Å². The third-order valence-electron chi connectivity index (χ3n) is 3.59. The molecule has 0 aliphatic heterocycles. The van der Waals surface area contributed by atoms with Gasteiger partial charge in [-0.15, -0.1) is 0 Å². The first-order chi connectivity index (χ1) is 9.74. The fraction of sp³-hybridized carbons (Fsp3) is 0.188. The van der Waals surface area contributed by atoms with Gasteiger partial charge in [0.1, 0.15) is 5.75 Å². The lowest BCUT2D eigenvalue weighted by Crippen LogP contribution is -1.98. The van der Waals surface area contributed by atoms with Crippen LogP contribution in [0.3, 0.4) is 0 Å². The molecule has 4 heteroatoms. The number of ether oxygens (including phenoxy) is 1. The quantitative estimate of drug-likeness (QED) is 0.793. The summed E-state index contributed by atoms with van der Waals surface area (Å²) in [5, 5.41) is 1.09. The van der Waals surface area contributed by atoms with Crippen molar-refractivity contribution in [3.05, 3.63) is 48.2 Å². The average Bonchev–Trinajstić information content (AvgIpc) is 2.84. The zero-order valence-corrected chi connectivity index (χ0v) is 11.6. The van der Waals surface area contributed by atoms with Gasteiger partial charge in [0.15, 0.2) is 0 Å². The van der Waals surface area contributed by atoms with E-state index in [2.05, 4.69) is 21.7 Å². The van der Waals surface area contributed by atoms with Crippen LogP contribution >= 0.6 is 0 Å². The van der Waals surface area contributed by atoms with E-state index in [9.17, 15) is 0 Å². The van der Waals surface area contributed by atoms with Gasteiger partial charge in [-0.25, -0.2) is 0 Å². The van der Waals surface area contributed by atoms with Crippen molar-refractivity contribution in [1.82, 2.24) is 9.55 Å². The molecule has 0 unspecified atom stereocenters. The molecule has 0 spiro atoms. The molecule has 2 aromatic heterocycles. The highest BCUT2D eigenvalue weighted by atomic mass is 16.5. The fourth-order valence-electron chi connectivity index (χ4n) is 2.50.